The molecule has 28 heavy (non-hydrogen) atoms. The molecule has 0 saturated carbocycles. The SMILES string of the molecule is OCC12CN(Cc3cccnc3)CC1CN(Cc1cccc(C(F)(F)F)c1)C2. The van der Waals surface area contributed by atoms with Crippen LogP contribution in [0.15, 0.2) is 48.8 Å². The van der Waals surface area contributed by atoms with Gasteiger partial charge in [-0.05, 0) is 29.2 Å². The van der Waals surface area contributed by atoms with Crippen molar-refractivity contribution in [1.29, 1.82) is 0 Å². The molecule has 150 valence electrons. The van der Waals surface area contributed by atoms with Crippen molar-refractivity contribution in [3.8, 4) is 0 Å². The molecule has 2 aromatic rings. The van der Waals surface area contributed by atoms with Gasteiger partial charge in [0.1, 0.15) is 0 Å². The normalized spacial score (nSPS) is 25.9. The van der Waals surface area contributed by atoms with Crippen LogP contribution < -0.4 is 0 Å². The Morgan fingerprint density at radius 2 is 1.71 bits per heavy atom. The van der Waals surface area contributed by atoms with Gasteiger partial charge in [-0.1, -0.05) is 24.3 Å². The van der Waals surface area contributed by atoms with Gasteiger partial charge in [0.25, 0.3) is 0 Å². The molecule has 4 nitrogen and oxygen atoms in total. The number of aromatic nitrogens is 1. The third-order valence-electron chi connectivity index (χ3n) is 6.00. The summed E-state index contributed by atoms with van der Waals surface area (Å²) in [5.74, 6) is 0.319. The van der Waals surface area contributed by atoms with Crippen LogP contribution in [0, 0.1) is 11.3 Å². The average molecular weight is 391 g/mol. The number of hydrogen-bond donors (Lipinski definition) is 1. The molecule has 1 N–H and O–H groups in total. The van der Waals surface area contributed by atoms with Crippen molar-refractivity contribution < 1.29 is 18.3 Å². The summed E-state index contributed by atoms with van der Waals surface area (Å²) in [7, 11) is 0. The van der Waals surface area contributed by atoms with Gasteiger partial charge in [0.15, 0.2) is 0 Å². The van der Waals surface area contributed by atoms with E-state index >= 15 is 0 Å². The molecule has 2 aliphatic heterocycles. The number of halogens is 3. The summed E-state index contributed by atoms with van der Waals surface area (Å²) in [6.07, 6.45) is -0.709. The highest BCUT2D eigenvalue weighted by atomic mass is 19.4. The van der Waals surface area contributed by atoms with Crippen LogP contribution in [0.5, 0.6) is 0 Å². The van der Waals surface area contributed by atoms with E-state index in [1.807, 2.05) is 18.3 Å². The Morgan fingerprint density at radius 1 is 1.04 bits per heavy atom. The number of nitrogens with zero attached hydrogens (tertiary/aromatic N) is 3. The highest BCUT2D eigenvalue weighted by Crippen LogP contribution is 2.43. The van der Waals surface area contributed by atoms with Gasteiger partial charge in [-0.25, -0.2) is 0 Å². The minimum absolute atomic E-state index is 0.0975. The van der Waals surface area contributed by atoms with Gasteiger partial charge in [-0.2, -0.15) is 13.2 Å². The van der Waals surface area contributed by atoms with E-state index in [2.05, 4.69) is 14.8 Å². The molecule has 3 heterocycles. The van der Waals surface area contributed by atoms with Gasteiger partial charge in [0.05, 0.1) is 12.2 Å². The van der Waals surface area contributed by atoms with E-state index in [4.69, 9.17) is 0 Å². The lowest BCUT2D eigenvalue weighted by Gasteiger charge is -2.27. The molecule has 2 atom stereocenters. The predicted molar refractivity (Wildman–Crippen MR) is 99.2 cm³/mol. The first-order valence-electron chi connectivity index (χ1n) is 9.49. The molecule has 2 saturated heterocycles. The van der Waals surface area contributed by atoms with Gasteiger partial charge in [0, 0.05) is 57.1 Å². The zero-order valence-corrected chi connectivity index (χ0v) is 15.6. The van der Waals surface area contributed by atoms with Crippen molar-refractivity contribution >= 4 is 0 Å². The maximum atomic E-state index is 13.0. The second kappa shape index (κ2) is 7.46. The topological polar surface area (TPSA) is 39.6 Å². The maximum absolute atomic E-state index is 13.0. The number of hydrogen-bond acceptors (Lipinski definition) is 4. The van der Waals surface area contributed by atoms with Gasteiger partial charge >= 0.3 is 6.18 Å². The molecular formula is C21H24F3N3O. The van der Waals surface area contributed by atoms with Crippen molar-refractivity contribution in [2.24, 2.45) is 11.3 Å². The van der Waals surface area contributed by atoms with Gasteiger partial charge in [-0.15, -0.1) is 0 Å². The Labute approximate surface area is 162 Å². The van der Waals surface area contributed by atoms with Gasteiger partial charge in [-0.3, -0.25) is 14.8 Å². The summed E-state index contributed by atoms with van der Waals surface area (Å²) < 4.78 is 38.9. The van der Waals surface area contributed by atoms with E-state index < -0.39 is 11.7 Å². The van der Waals surface area contributed by atoms with Crippen LogP contribution in [0.25, 0.3) is 0 Å². The average Bonchev–Trinajstić information content (AvgIpc) is 3.15. The van der Waals surface area contributed by atoms with Crippen molar-refractivity contribution in [3.05, 3.63) is 65.5 Å². The molecule has 0 amide bonds. The van der Waals surface area contributed by atoms with E-state index in [1.54, 1.807) is 12.3 Å². The number of aliphatic hydroxyl groups excluding tert-OH is 1. The van der Waals surface area contributed by atoms with E-state index in [1.165, 1.54) is 12.1 Å². The summed E-state index contributed by atoms with van der Waals surface area (Å²) in [5, 5.41) is 10.1. The lowest BCUT2D eigenvalue weighted by molar-refractivity contribution is -0.137. The Hall–Kier alpha value is -1.96. The highest BCUT2D eigenvalue weighted by Gasteiger charge is 2.51. The third-order valence-corrected chi connectivity index (χ3v) is 6.00. The van der Waals surface area contributed by atoms with Crippen LogP contribution >= 0.6 is 0 Å². The second-order valence-corrected chi connectivity index (χ2v) is 8.12. The molecule has 0 bridgehead atoms. The monoisotopic (exact) mass is 391 g/mol. The summed E-state index contributed by atoms with van der Waals surface area (Å²) >= 11 is 0. The number of rotatable bonds is 5. The van der Waals surface area contributed by atoms with Crippen LogP contribution in [0.1, 0.15) is 16.7 Å². The number of likely N-dealkylation sites (tertiary alicyclic amines) is 2. The molecule has 2 aliphatic rings. The minimum Gasteiger partial charge on any atom is -0.396 e. The molecule has 0 spiro atoms. The molecule has 2 fully saturated rings. The van der Waals surface area contributed by atoms with Crippen molar-refractivity contribution in [1.82, 2.24) is 14.8 Å². The van der Waals surface area contributed by atoms with Crippen molar-refractivity contribution in [3.63, 3.8) is 0 Å². The summed E-state index contributed by atoms with van der Waals surface area (Å²) in [6.45, 7) is 4.55. The zero-order chi connectivity index (χ0) is 19.8. The molecule has 7 heteroatoms. The first-order valence-corrected chi connectivity index (χ1v) is 9.49. The first kappa shape index (κ1) is 19.4. The van der Waals surface area contributed by atoms with Crippen molar-refractivity contribution in [2.75, 3.05) is 32.8 Å². The molecule has 1 aromatic heterocycles. The quantitative estimate of drug-likeness (QED) is 0.851. The van der Waals surface area contributed by atoms with Gasteiger partial charge in [0.2, 0.25) is 0 Å². The number of alkyl halides is 3. The molecular weight excluding hydrogens is 367 g/mol. The Bertz CT molecular complexity index is 814. The molecule has 0 aliphatic carbocycles. The highest BCUT2D eigenvalue weighted by molar-refractivity contribution is 5.26. The smallest absolute Gasteiger partial charge is 0.396 e. The van der Waals surface area contributed by atoms with Crippen LogP contribution in [0.3, 0.4) is 0 Å². The van der Waals surface area contributed by atoms with Crippen molar-refractivity contribution in [2.45, 2.75) is 19.3 Å². The first-order chi connectivity index (χ1) is 13.4. The Morgan fingerprint density at radius 3 is 2.29 bits per heavy atom. The van der Waals surface area contributed by atoms with E-state index in [9.17, 15) is 18.3 Å². The number of fused-ring (bicyclic) bond motifs is 1. The summed E-state index contributed by atoms with van der Waals surface area (Å²) in [4.78, 5) is 8.68. The lowest BCUT2D eigenvalue weighted by Crippen LogP contribution is -2.36. The third kappa shape index (κ3) is 3.92. The second-order valence-electron chi connectivity index (χ2n) is 8.12. The molecule has 2 unspecified atom stereocenters. The van der Waals surface area contributed by atoms with Gasteiger partial charge < -0.3 is 5.11 Å². The van der Waals surface area contributed by atoms with Crippen LogP contribution in [-0.2, 0) is 19.3 Å². The fourth-order valence-corrected chi connectivity index (χ4v) is 4.72. The largest absolute Gasteiger partial charge is 0.416 e. The lowest BCUT2D eigenvalue weighted by atomic mass is 9.82. The number of benzene rings is 1. The summed E-state index contributed by atoms with van der Waals surface area (Å²) in [5.41, 5.74) is 1.000. The molecule has 4 rings (SSSR count). The van der Waals surface area contributed by atoms with Crippen LogP contribution in [-0.4, -0.2) is 52.7 Å². The minimum atomic E-state index is -4.32. The van der Waals surface area contributed by atoms with E-state index in [0.717, 1.165) is 37.8 Å². The Balaban J connectivity index is 1.41. The predicted octanol–water partition coefficient (Wildman–Crippen LogP) is 3.03. The van der Waals surface area contributed by atoms with Crippen LogP contribution in [0.2, 0.25) is 0 Å². The fourth-order valence-electron chi connectivity index (χ4n) is 4.72. The molecule has 0 radical (unpaired) electrons. The van der Waals surface area contributed by atoms with E-state index in [-0.39, 0.29) is 12.0 Å². The zero-order valence-electron chi connectivity index (χ0n) is 15.6. The van der Waals surface area contributed by atoms with Crippen LogP contribution in [0.4, 0.5) is 13.2 Å². The standard InChI is InChI=1S/C21H24F3N3O/c22-21(23,24)18-5-1-3-16(7-18)9-26-11-19-12-27(14-20(19,13-26)15-28)10-17-4-2-6-25-8-17/h1-8,19,28H,9-15H2. The van der Waals surface area contributed by atoms with E-state index in [0.29, 0.717) is 24.6 Å². The Kier molecular flexibility index (Phi) is 5.16. The number of pyridine rings is 1. The summed E-state index contributed by atoms with van der Waals surface area (Å²) in [6, 6.07) is 9.51. The number of aliphatic hydroxyl groups is 1. The maximum Gasteiger partial charge on any atom is 0.416 e. The molecule has 1 aromatic carbocycles. The fraction of sp³-hybridized carbons (Fsp3) is 0.476.